The summed E-state index contributed by atoms with van der Waals surface area (Å²) in [6.07, 6.45) is 6.57. The number of carbonyl (C=O) groups is 1. The zero-order valence-corrected chi connectivity index (χ0v) is 19.8. The number of hydrazone groups is 3. The molecule has 1 N–H and O–H groups in total. The molecule has 2 aliphatic rings. The van der Waals surface area contributed by atoms with Gasteiger partial charge in [-0.25, -0.2) is 30.3 Å². The third-order valence-electron chi connectivity index (χ3n) is 4.19. The number of nitro groups is 1. The first-order chi connectivity index (χ1) is 16.3. The molecule has 0 aromatic carbocycles. The Bertz CT molecular complexity index is 1090. The molecular weight excluding hydrogens is 488 g/mol. The van der Waals surface area contributed by atoms with E-state index in [4.69, 9.17) is 16.3 Å². The number of guanidine groups is 1. The minimum atomic E-state index is -0.718. The number of nitrogens with one attached hydrogen (secondary N) is 1. The second-order valence-electron chi connectivity index (χ2n) is 6.93. The quantitative estimate of drug-likeness (QED) is 0.364. The van der Waals surface area contributed by atoms with E-state index in [9.17, 15) is 14.9 Å². The highest BCUT2D eigenvalue weighted by molar-refractivity contribution is 7.15. The average molecular weight is 509 g/mol. The smallest absolute Gasteiger partial charge is 0.341 e. The van der Waals surface area contributed by atoms with Crippen molar-refractivity contribution >= 4 is 46.9 Å². The summed E-state index contributed by atoms with van der Waals surface area (Å²) in [5.41, 5.74) is 4.02. The molecule has 16 heteroatoms. The van der Waals surface area contributed by atoms with E-state index >= 15 is 0 Å². The van der Waals surface area contributed by atoms with E-state index in [1.54, 1.807) is 41.7 Å². The van der Waals surface area contributed by atoms with Crippen molar-refractivity contribution in [3.63, 3.8) is 0 Å². The molecule has 0 unspecified atom stereocenters. The zero-order chi connectivity index (χ0) is 24.5. The summed E-state index contributed by atoms with van der Waals surface area (Å²) in [5.74, 6) is 0.260. The maximum atomic E-state index is 11.3. The molecule has 1 fully saturated rings. The largest absolute Gasteiger partial charge is 0.358 e. The molecule has 2 aromatic rings. The van der Waals surface area contributed by atoms with Crippen LogP contribution in [0.5, 0.6) is 0 Å². The zero-order valence-electron chi connectivity index (χ0n) is 18.2. The maximum Gasteiger partial charge on any atom is 0.358 e. The predicted octanol–water partition coefficient (Wildman–Crippen LogP) is 1.84. The van der Waals surface area contributed by atoms with Gasteiger partial charge in [-0.2, -0.15) is 10.2 Å². The first kappa shape index (κ1) is 24.9. The van der Waals surface area contributed by atoms with Gasteiger partial charge in [0.15, 0.2) is 9.50 Å². The standard InChI is InChI=1S/C10H11N5O.C8H10ClN5O3S/c1-8-7-15(10(16)14-13-8)12-6-9-3-2-4-11-5-9;1-12-4-17-5-13(8(12)11-14(15)16)3-6-2-10-7(9)18-6/h2-6H,7H2,1H3,(H,14,16);2H,3-5H2,1H3/b12-6+;11-8+. The van der Waals surface area contributed by atoms with Crippen LogP contribution in [0.2, 0.25) is 4.47 Å². The third-order valence-corrected chi connectivity index (χ3v) is 5.29. The minimum Gasteiger partial charge on any atom is -0.341 e. The fourth-order valence-electron chi connectivity index (χ4n) is 2.73. The second kappa shape index (κ2) is 12.0. The lowest BCUT2D eigenvalue weighted by Gasteiger charge is -2.34. The Morgan fingerprint density at radius 2 is 2.24 bits per heavy atom. The fourth-order valence-corrected chi connectivity index (χ4v) is 3.72. The van der Waals surface area contributed by atoms with Gasteiger partial charge >= 0.3 is 6.03 Å². The lowest BCUT2D eigenvalue weighted by atomic mass is 10.3. The molecule has 2 aliphatic heterocycles. The van der Waals surface area contributed by atoms with Crippen molar-refractivity contribution in [3.8, 4) is 0 Å². The lowest BCUT2D eigenvalue weighted by molar-refractivity contribution is -0.486. The highest BCUT2D eigenvalue weighted by Gasteiger charge is 2.25. The Morgan fingerprint density at radius 3 is 2.91 bits per heavy atom. The van der Waals surface area contributed by atoms with E-state index in [0.29, 0.717) is 17.6 Å². The van der Waals surface area contributed by atoms with Crippen molar-refractivity contribution in [3.05, 3.63) is 55.7 Å². The molecule has 0 saturated carbocycles. The number of thiazole rings is 1. The van der Waals surface area contributed by atoms with Gasteiger partial charge in [0.25, 0.3) is 5.96 Å². The van der Waals surface area contributed by atoms with E-state index in [2.05, 4.69) is 30.7 Å². The minimum absolute atomic E-state index is 0.243. The number of aromatic nitrogens is 2. The highest BCUT2D eigenvalue weighted by atomic mass is 35.5. The van der Waals surface area contributed by atoms with Crippen molar-refractivity contribution in [2.75, 3.05) is 27.1 Å². The fraction of sp³-hybridized carbons (Fsp3) is 0.333. The molecule has 14 nitrogen and oxygen atoms in total. The molecule has 180 valence electrons. The Hall–Kier alpha value is -3.69. The van der Waals surface area contributed by atoms with Crippen molar-refractivity contribution in [2.24, 2.45) is 15.3 Å². The Morgan fingerprint density at radius 1 is 1.41 bits per heavy atom. The molecule has 4 rings (SSSR count). The van der Waals surface area contributed by atoms with E-state index in [-0.39, 0.29) is 25.5 Å². The van der Waals surface area contributed by atoms with Crippen LogP contribution in [0.15, 0.2) is 46.0 Å². The summed E-state index contributed by atoms with van der Waals surface area (Å²) in [6.45, 7) is 3.16. The van der Waals surface area contributed by atoms with Gasteiger partial charge < -0.3 is 14.5 Å². The van der Waals surface area contributed by atoms with Gasteiger partial charge in [-0.3, -0.25) is 4.98 Å². The van der Waals surface area contributed by atoms with Crippen LogP contribution in [-0.4, -0.2) is 80.8 Å². The van der Waals surface area contributed by atoms with Crippen LogP contribution in [0.1, 0.15) is 17.4 Å². The molecular formula is C18H21ClN10O4S. The number of nitrogens with zero attached hydrogens (tertiary/aromatic N) is 9. The Labute approximate surface area is 203 Å². The van der Waals surface area contributed by atoms with Crippen molar-refractivity contribution < 1.29 is 14.6 Å². The average Bonchev–Trinajstić information content (AvgIpc) is 3.22. The number of rotatable bonds is 5. The molecule has 0 atom stereocenters. The summed E-state index contributed by atoms with van der Waals surface area (Å²) in [5, 5.41) is 22.3. The van der Waals surface area contributed by atoms with Crippen LogP contribution in [0.4, 0.5) is 4.79 Å². The topological polar surface area (TPSA) is 154 Å². The summed E-state index contributed by atoms with van der Waals surface area (Å²) < 4.78 is 5.72. The number of amides is 2. The first-order valence-corrected chi connectivity index (χ1v) is 10.9. The molecule has 4 heterocycles. The van der Waals surface area contributed by atoms with Crippen LogP contribution in [0.25, 0.3) is 0 Å². The number of pyridine rings is 1. The predicted molar refractivity (Wildman–Crippen MR) is 126 cm³/mol. The lowest BCUT2D eigenvalue weighted by Crippen LogP contribution is -2.49. The monoisotopic (exact) mass is 508 g/mol. The van der Waals surface area contributed by atoms with Crippen LogP contribution in [0, 0.1) is 10.1 Å². The third kappa shape index (κ3) is 7.43. The van der Waals surface area contributed by atoms with Crippen molar-refractivity contribution in [1.29, 1.82) is 0 Å². The number of carbonyl (C=O) groups excluding carboxylic acids is 1. The molecule has 2 amide bonds. The number of ether oxygens (including phenoxy) is 1. The number of hydrogen-bond acceptors (Lipinski definition) is 9. The molecule has 1 saturated heterocycles. The summed E-state index contributed by atoms with van der Waals surface area (Å²) in [7, 11) is 1.67. The Kier molecular flexibility index (Phi) is 8.78. The highest BCUT2D eigenvalue weighted by Crippen LogP contribution is 2.20. The van der Waals surface area contributed by atoms with Crippen LogP contribution in [-0.2, 0) is 11.3 Å². The Balaban J connectivity index is 0.000000192. The van der Waals surface area contributed by atoms with E-state index in [1.165, 1.54) is 16.3 Å². The van der Waals surface area contributed by atoms with Gasteiger partial charge in [-0.05, 0) is 13.0 Å². The summed E-state index contributed by atoms with van der Waals surface area (Å²) in [6, 6.07) is 3.34. The van der Waals surface area contributed by atoms with Crippen LogP contribution >= 0.6 is 22.9 Å². The van der Waals surface area contributed by atoms with Gasteiger partial charge in [-0.15, -0.1) is 11.3 Å². The normalized spacial score (nSPS) is 17.4. The van der Waals surface area contributed by atoms with E-state index in [0.717, 1.165) is 16.2 Å². The number of hydrogen-bond donors (Lipinski definition) is 1. The van der Waals surface area contributed by atoms with E-state index < -0.39 is 5.03 Å². The first-order valence-electron chi connectivity index (χ1n) is 9.73. The van der Waals surface area contributed by atoms with E-state index in [1.807, 2.05) is 19.1 Å². The van der Waals surface area contributed by atoms with Gasteiger partial charge in [0.1, 0.15) is 18.6 Å². The van der Waals surface area contributed by atoms with Gasteiger partial charge in [-0.1, -0.05) is 17.7 Å². The molecule has 0 radical (unpaired) electrons. The molecule has 0 aliphatic carbocycles. The van der Waals surface area contributed by atoms with Gasteiger partial charge in [0, 0.05) is 36.1 Å². The molecule has 34 heavy (non-hydrogen) atoms. The van der Waals surface area contributed by atoms with Crippen LogP contribution in [0.3, 0.4) is 0 Å². The van der Waals surface area contributed by atoms with Crippen LogP contribution < -0.4 is 5.43 Å². The number of urea groups is 1. The molecule has 0 spiro atoms. The maximum absolute atomic E-state index is 11.3. The SMILES string of the molecule is CC1=NNC(=O)N(/N=C/c2cccnc2)C1.CN1COCN(Cc2cnc(Cl)s2)/C1=N/[N+](=O)[O-]. The summed E-state index contributed by atoms with van der Waals surface area (Å²) >= 11 is 7.05. The van der Waals surface area contributed by atoms with Crippen molar-refractivity contribution in [2.45, 2.75) is 13.5 Å². The summed E-state index contributed by atoms with van der Waals surface area (Å²) in [4.78, 5) is 33.8. The van der Waals surface area contributed by atoms with Gasteiger partial charge in [0.2, 0.25) is 0 Å². The van der Waals surface area contributed by atoms with Gasteiger partial charge in [0.05, 0.1) is 25.0 Å². The van der Waals surface area contributed by atoms with Crippen molar-refractivity contribution in [1.82, 2.24) is 30.2 Å². The molecule has 0 bridgehead atoms. The molecule has 2 aromatic heterocycles. The second-order valence-corrected chi connectivity index (χ2v) is 8.63. The number of halogens is 1.